The number of carbonyl (C=O) groups is 2. The average Bonchev–Trinajstić information content (AvgIpc) is 3.28. The molecule has 6 heteroatoms. The van der Waals surface area contributed by atoms with Gasteiger partial charge in [0.1, 0.15) is 11.8 Å². The van der Waals surface area contributed by atoms with E-state index in [0.29, 0.717) is 23.6 Å². The maximum atomic E-state index is 13.4. The minimum atomic E-state index is -0.499. The fraction of sp³-hybridized carbons (Fsp3) is 0.429. The van der Waals surface area contributed by atoms with E-state index in [0.717, 1.165) is 5.56 Å². The van der Waals surface area contributed by atoms with Gasteiger partial charge in [0.2, 0.25) is 5.91 Å². The average molecular weight is 387 g/mol. The molecule has 2 atom stereocenters. The lowest BCUT2D eigenvalue weighted by molar-refractivity contribution is -0.125. The van der Waals surface area contributed by atoms with E-state index in [4.69, 9.17) is 4.42 Å². The first-order chi connectivity index (χ1) is 12.8. The molecule has 3 rings (SSSR count). The minimum Gasteiger partial charge on any atom is -0.467 e. The number of nitrogens with one attached hydrogen (secondary N) is 1. The van der Waals surface area contributed by atoms with Crippen molar-refractivity contribution in [2.24, 2.45) is 5.41 Å². The summed E-state index contributed by atoms with van der Waals surface area (Å²) in [6, 6.07) is 10.6. The first kappa shape index (κ1) is 19.5. The van der Waals surface area contributed by atoms with Crippen LogP contribution in [-0.4, -0.2) is 33.9 Å². The van der Waals surface area contributed by atoms with Crippen LogP contribution < -0.4 is 5.32 Å². The van der Waals surface area contributed by atoms with Gasteiger partial charge in [-0.15, -0.1) is 11.8 Å². The van der Waals surface area contributed by atoms with E-state index in [2.05, 4.69) is 26.1 Å². The van der Waals surface area contributed by atoms with Crippen molar-refractivity contribution in [3.63, 3.8) is 0 Å². The van der Waals surface area contributed by atoms with Crippen LogP contribution >= 0.6 is 11.8 Å². The zero-order valence-electron chi connectivity index (χ0n) is 16.2. The quantitative estimate of drug-likeness (QED) is 0.867. The molecule has 0 saturated carbocycles. The third-order valence-electron chi connectivity index (χ3n) is 4.67. The lowest BCUT2D eigenvalue weighted by Gasteiger charge is -2.36. The summed E-state index contributed by atoms with van der Waals surface area (Å²) in [7, 11) is 0. The van der Waals surface area contributed by atoms with Crippen LogP contribution in [0.25, 0.3) is 0 Å². The molecule has 0 aliphatic carbocycles. The van der Waals surface area contributed by atoms with E-state index in [9.17, 15) is 9.59 Å². The number of thioether (sulfide) groups is 1. The molecule has 2 aromatic rings. The van der Waals surface area contributed by atoms with Gasteiger partial charge in [0.05, 0.1) is 18.2 Å². The van der Waals surface area contributed by atoms with Gasteiger partial charge in [-0.25, -0.2) is 0 Å². The van der Waals surface area contributed by atoms with Crippen LogP contribution in [0.3, 0.4) is 0 Å². The van der Waals surface area contributed by atoms with Crippen molar-refractivity contribution in [2.45, 2.75) is 45.7 Å². The molecule has 5 nitrogen and oxygen atoms in total. The summed E-state index contributed by atoms with van der Waals surface area (Å²) in [5, 5.41) is 2.84. The first-order valence-electron chi connectivity index (χ1n) is 9.09. The van der Waals surface area contributed by atoms with Crippen molar-refractivity contribution >= 4 is 23.6 Å². The van der Waals surface area contributed by atoms with Crippen molar-refractivity contribution in [1.29, 1.82) is 0 Å². The lowest BCUT2D eigenvalue weighted by atomic mass is 9.94. The number of hydrogen-bond donors (Lipinski definition) is 1. The highest BCUT2D eigenvalue weighted by molar-refractivity contribution is 8.00. The summed E-state index contributed by atoms with van der Waals surface area (Å²) in [6.07, 6.45) is 1.58. The summed E-state index contributed by atoms with van der Waals surface area (Å²) >= 11 is 1.67. The van der Waals surface area contributed by atoms with Gasteiger partial charge in [0, 0.05) is 11.3 Å². The van der Waals surface area contributed by atoms with E-state index in [-0.39, 0.29) is 22.6 Å². The maximum absolute atomic E-state index is 13.4. The topological polar surface area (TPSA) is 62.6 Å². The number of amides is 2. The Morgan fingerprint density at radius 3 is 2.59 bits per heavy atom. The van der Waals surface area contributed by atoms with Crippen LogP contribution in [0.4, 0.5) is 0 Å². The number of nitrogens with zero attached hydrogens (tertiary/aromatic N) is 1. The van der Waals surface area contributed by atoms with E-state index in [1.54, 1.807) is 29.0 Å². The maximum Gasteiger partial charge on any atom is 0.255 e. The van der Waals surface area contributed by atoms with Crippen LogP contribution in [0.2, 0.25) is 0 Å². The van der Waals surface area contributed by atoms with Crippen LogP contribution in [0.5, 0.6) is 0 Å². The van der Waals surface area contributed by atoms with Crippen LogP contribution in [0.1, 0.15) is 42.5 Å². The number of aryl methyl sites for hydroxylation is 1. The second-order valence-corrected chi connectivity index (χ2v) is 9.01. The van der Waals surface area contributed by atoms with Crippen molar-refractivity contribution in [3.05, 3.63) is 59.5 Å². The molecule has 0 bridgehead atoms. The van der Waals surface area contributed by atoms with Gasteiger partial charge in [-0.2, -0.15) is 0 Å². The molecule has 2 unspecified atom stereocenters. The van der Waals surface area contributed by atoms with E-state index >= 15 is 0 Å². The highest BCUT2D eigenvalue weighted by atomic mass is 32.2. The van der Waals surface area contributed by atoms with Gasteiger partial charge in [0.15, 0.2) is 0 Å². The molecule has 2 heterocycles. The van der Waals surface area contributed by atoms with Gasteiger partial charge in [-0.1, -0.05) is 39.0 Å². The summed E-state index contributed by atoms with van der Waals surface area (Å²) in [5.41, 5.74) is 1.43. The molecule has 1 saturated heterocycles. The minimum absolute atomic E-state index is 0.0658. The number of furan rings is 1. The number of carbonyl (C=O) groups excluding carboxylic acids is 2. The van der Waals surface area contributed by atoms with Gasteiger partial charge < -0.3 is 14.6 Å². The third kappa shape index (κ3) is 4.21. The summed E-state index contributed by atoms with van der Waals surface area (Å²) in [6.45, 7) is 8.55. The zero-order chi connectivity index (χ0) is 19.6. The van der Waals surface area contributed by atoms with Crippen molar-refractivity contribution in [1.82, 2.24) is 10.2 Å². The molecule has 27 heavy (non-hydrogen) atoms. The molecule has 1 aliphatic heterocycles. The van der Waals surface area contributed by atoms with Gasteiger partial charge in [0.25, 0.3) is 5.91 Å². The number of hydrogen-bond acceptors (Lipinski definition) is 4. The zero-order valence-corrected chi connectivity index (χ0v) is 17.0. The predicted octanol–water partition coefficient (Wildman–Crippen LogP) is 3.83. The summed E-state index contributed by atoms with van der Waals surface area (Å²) in [5.74, 6) is 1.05. The largest absolute Gasteiger partial charge is 0.467 e. The molecule has 144 valence electrons. The Kier molecular flexibility index (Phi) is 5.65. The Morgan fingerprint density at radius 2 is 1.96 bits per heavy atom. The molecular weight excluding hydrogens is 360 g/mol. The molecular formula is C21H26N2O3S. The molecule has 0 spiro atoms. The predicted molar refractivity (Wildman–Crippen MR) is 107 cm³/mol. The molecule has 1 aromatic heterocycles. The molecule has 2 amide bonds. The lowest BCUT2D eigenvalue weighted by Crippen LogP contribution is -2.52. The van der Waals surface area contributed by atoms with Gasteiger partial charge in [-0.05, 0) is 36.1 Å². The fourth-order valence-electron chi connectivity index (χ4n) is 3.28. The second-order valence-electron chi connectivity index (χ2n) is 7.89. The van der Waals surface area contributed by atoms with Crippen LogP contribution in [0.15, 0.2) is 47.1 Å². The van der Waals surface area contributed by atoms with E-state index in [1.807, 2.05) is 37.3 Å². The van der Waals surface area contributed by atoms with Crippen molar-refractivity contribution < 1.29 is 14.0 Å². The molecule has 1 fully saturated rings. The highest BCUT2D eigenvalue weighted by Gasteiger charge is 2.46. The number of rotatable bonds is 4. The Bertz CT molecular complexity index is 811. The summed E-state index contributed by atoms with van der Waals surface area (Å²) in [4.78, 5) is 28.0. The summed E-state index contributed by atoms with van der Waals surface area (Å²) < 4.78 is 5.28. The van der Waals surface area contributed by atoms with E-state index < -0.39 is 6.04 Å². The molecule has 0 radical (unpaired) electrons. The molecule has 1 aliphatic rings. The Balaban J connectivity index is 1.85. The van der Waals surface area contributed by atoms with Crippen LogP contribution in [0, 0.1) is 12.3 Å². The third-order valence-corrected chi connectivity index (χ3v) is 6.43. The monoisotopic (exact) mass is 386 g/mol. The Morgan fingerprint density at radius 1 is 1.22 bits per heavy atom. The second kappa shape index (κ2) is 7.80. The first-order valence-corrected chi connectivity index (χ1v) is 10.1. The highest BCUT2D eigenvalue weighted by Crippen LogP contribution is 2.41. The standard InChI is InChI=1S/C21H26N2O3S/c1-14-8-5-6-10-16(14)19(25)23-17(13-27-20(23)21(2,3)4)18(24)22-12-15-9-7-11-26-15/h5-11,17,20H,12-13H2,1-4H3,(H,22,24). The Hall–Kier alpha value is -2.21. The number of benzene rings is 1. The van der Waals surface area contributed by atoms with E-state index in [1.165, 1.54) is 0 Å². The fourth-order valence-corrected chi connectivity index (χ4v) is 4.86. The normalized spacial score (nSPS) is 19.9. The molecule has 1 aromatic carbocycles. The van der Waals surface area contributed by atoms with Gasteiger partial charge in [-0.3, -0.25) is 9.59 Å². The van der Waals surface area contributed by atoms with Crippen molar-refractivity contribution in [3.8, 4) is 0 Å². The van der Waals surface area contributed by atoms with Crippen LogP contribution in [-0.2, 0) is 11.3 Å². The van der Waals surface area contributed by atoms with Crippen molar-refractivity contribution in [2.75, 3.05) is 5.75 Å². The SMILES string of the molecule is Cc1ccccc1C(=O)N1C(C(=O)NCc2ccco2)CSC1C(C)(C)C. The molecule has 1 N–H and O–H groups in total. The van der Waals surface area contributed by atoms with Gasteiger partial charge >= 0.3 is 0 Å². The Labute approximate surface area is 164 Å². The smallest absolute Gasteiger partial charge is 0.255 e.